The molecule has 0 radical (unpaired) electrons. The Hall–Kier alpha value is -1.51. The highest BCUT2D eigenvalue weighted by molar-refractivity contribution is 5.80. The Kier molecular flexibility index (Phi) is 5.45. The quantitative estimate of drug-likeness (QED) is 0.617. The molecule has 1 aliphatic carbocycles. The van der Waals surface area contributed by atoms with Gasteiger partial charge in [-0.05, 0) is 24.8 Å². The predicted molar refractivity (Wildman–Crippen MR) is 86.2 cm³/mol. The molecule has 0 bridgehead atoms. The van der Waals surface area contributed by atoms with E-state index in [1.54, 1.807) is 0 Å². The van der Waals surface area contributed by atoms with Crippen LogP contribution < -0.4 is 10.6 Å². The number of guanidine groups is 1. The number of nitrogens with one attached hydrogen (secondary N) is 2. The molecule has 1 aromatic carbocycles. The predicted octanol–water partition coefficient (Wildman–Crippen LogP) is 3.14. The highest BCUT2D eigenvalue weighted by Crippen LogP contribution is 2.31. The monoisotopic (exact) mass is 273 g/mol. The molecular weight excluding hydrogens is 246 g/mol. The Morgan fingerprint density at radius 2 is 1.95 bits per heavy atom. The first-order chi connectivity index (χ1) is 9.70. The molecule has 0 heterocycles. The fourth-order valence-electron chi connectivity index (χ4n) is 2.38. The summed E-state index contributed by atoms with van der Waals surface area (Å²) < 4.78 is 0. The van der Waals surface area contributed by atoms with Gasteiger partial charge in [-0.2, -0.15) is 0 Å². The summed E-state index contributed by atoms with van der Waals surface area (Å²) in [5, 5.41) is 6.91. The van der Waals surface area contributed by atoms with Crippen molar-refractivity contribution in [3.63, 3.8) is 0 Å². The number of nitrogens with zero attached hydrogens (tertiary/aromatic N) is 1. The zero-order valence-electron chi connectivity index (χ0n) is 12.9. The molecule has 1 fully saturated rings. The van der Waals surface area contributed by atoms with Crippen LogP contribution in [0.1, 0.15) is 44.6 Å². The Bertz CT molecular complexity index is 423. The van der Waals surface area contributed by atoms with Gasteiger partial charge in [0.05, 0.1) is 0 Å². The average Bonchev–Trinajstić information content (AvgIpc) is 3.30. The number of hydrogen-bond acceptors (Lipinski definition) is 1. The maximum Gasteiger partial charge on any atom is 0.191 e. The Labute approximate surface area is 122 Å². The molecule has 1 aliphatic rings. The molecule has 1 saturated carbocycles. The summed E-state index contributed by atoms with van der Waals surface area (Å²) in [6.45, 7) is 5.49. The molecule has 20 heavy (non-hydrogen) atoms. The van der Waals surface area contributed by atoms with Gasteiger partial charge in [0.25, 0.3) is 0 Å². The lowest BCUT2D eigenvalue weighted by molar-refractivity contribution is 0.547. The minimum atomic E-state index is 0.351. The van der Waals surface area contributed by atoms with Gasteiger partial charge in [-0.15, -0.1) is 0 Å². The summed E-state index contributed by atoms with van der Waals surface area (Å²) in [7, 11) is 1.84. The van der Waals surface area contributed by atoms with Crippen LogP contribution in [0.2, 0.25) is 0 Å². The standard InChI is InChI=1S/C17H27N3/c1-13(16-7-5-4-6-8-16)14(2)20-17(18-3)19-12-11-15-9-10-15/h4-8,13-15H,9-12H2,1-3H3,(H2,18,19,20). The number of rotatable bonds is 6. The molecule has 1 aromatic rings. The van der Waals surface area contributed by atoms with E-state index >= 15 is 0 Å². The van der Waals surface area contributed by atoms with E-state index in [4.69, 9.17) is 0 Å². The smallest absolute Gasteiger partial charge is 0.191 e. The Morgan fingerprint density at radius 1 is 1.25 bits per heavy atom. The van der Waals surface area contributed by atoms with E-state index in [1.165, 1.54) is 24.8 Å². The van der Waals surface area contributed by atoms with Gasteiger partial charge in [0.1, 0.15) is 0 Å². The van der Waals surface area contributed by atoms with Gasteiger partial charge in [-0.3, -0.25) is 4.99 Å². The Morgan fingerprint density at radius 3 is 2.55 bits per heavy atom. The summed E-state index contributed by atoms with van der Waals surface area (Å²) in [4.78, 5) is 4.32. The topological polar surface area (TPSA) is 36.4 Å². The van der Waals surface area contributed by atoms with Gasteiger partial charge in [-0.25, -0.2) is 0 Å². The van der Waals surface area contributed by atoms with E-state index < -0.39 is 0 Å². The second-order valence-electron chi connectivity index (χ2n) is 5.86. The van der Waals surface area contributed by atoms with Crippen LogP contribution in [0.4, 0.5) is 0 Å². The molecule has 3 heteroatoms. The lowest BCUT2D eigenvalue weighted by Gasteiger charge is -2.24. The molecule has 3 nitrogen and oxygen atoms in total. The molecule has 0 amide bonds. The van der Waals surface area contributed by atoms with Crippen molar-refractivity contribution in [2.45, 2.75) is 45.1 Å². The maximum atomic E-state index is 4.32. The summed E-state index contributed by atoms with van der Waals surface area (Å²) in [5.41, 5.74) is 1.36. The minimum Gasteiger partial charge on any atom is -0.356 e. The third kappa shape index (κ3) is 4.55. The van der Waals surface area contributed by atoms with Gasteiger partial charge >= 0.3 is 0 Å². The normalized spacial score (nSPS) is 18.4. The van der Waals surface area contributed by atoms with Crippen LogP contribution in [0.3, 0.4) is 0 Å². The molecule has 0 spiro atoms. The van der Waals surface area contributed by atoms with Crippen molar-refractivity contribution in [2.24, 2.45) is 10.9 Å². The van der Waals surface area contributed by atoms with Crippen LogP contribution >= 0.6 is 0 Å². The van der Waals surface area contributed by atoms with Gasteiger partial charge in [0.2, 0.25) is 0 Å². The zero-order valence-corrected chi connectivity index (χ0v) is 12.9. The van der Waals surface area contributed by atoms with Gasteiger partial charge in [0.15, 0.2) is 5.96 Å². The average molecular weight is 273 g/mol. The van der Waals surface area contributed by atoms with Crippen LogP contribution in [0.15, 0.2) is 35.3 Å². The molecule has 110 valence electrons. The summed E-state index contributed by atoms with van der Waals surface area (Å²) in [5.74, 6) is 2.33. The van der Waals surface area contributed by atoms with Crippen LogP contribution in [0, 0.1) is 5.92 Å². The van der Waals surface area contributed by atoms with Crippen molar-refractivity contribution in [1.82, 2.24) is 10.6 Å². The number of hydrogen-bond donors (Lipinski definition) is 2. The van der Waals surface area contributed by atoms with Crippen LogP contribution in [0.5, 0.6) is 0 Å². The maximum absolute atomic E-state index is 4.32. The van der Waals surface area contributed by atoms with E-state index in [0.717, 1.165) is 18.4 Å². The minimum absolute atomic E-state index is 0.351. The largest absolute Gasteiger partial charge is 0.356 e. The molecule has 0 saturated heterocycles. The number of benzene rings is 1. The van der Waals surface area contributed by atoms with E-state index in [2.05, 4.69) is 59.8 Å². The molecular formula is C17H27N3. The highest BCUT2D eigenvalue weighted by atomic mass is 15.2. The Balaban J connectivity index is 1.80. The zero-order chi connectivity index (χ0) is 14.4. The van der Waals surface area contributed by atoms with Gasteiger partial charge < -0.3 is 10.6 Å². The second-order valence-corrected chi connectivity index (χ2v) is 5.86. The van der Waals surface area contributed by atoms with Gasteiger partial charge in [0, 0.05) is 25.6 Å². The van der Waals surface area contributed by atoms with Crippen molar-refractivity contribution >= 4 is 5.96 Å². The number of aliphatic imine (C=N–C) groups is 1. The first-order valence-corrected chi connectivity index (χ1v) is 7.73. The van der Waals surface area contributed by atoms with Crippen molar-refractivity contribution in [2.75, 3.05) is 13.6 Å². The fourth-order valence-corrected chi connectivity index (χ4v) is 2.38. The third-order valence-electron chi connectivity index (χ3n) is 4.21. The SMILES string of the molecule is CN=C(NCCC1CC1)NC(C)C(C)c1ccccc1. The second kappa shape index (κ2) is 7.32. The van der Waals surface area contributed by atoms with Gasteiger partial charge in [-0.1, -0.05) is 50.1 Å². The van der Waals surface area contributed by atoms with E-state index in [-0.39, 0.29) is 0 Å². The molecule has 2 unspecified atom stereocenters. The molecule has 2 atom stereocenters. The van der Waals surface area contributed by atoms with Crippen molar-refractivity contribution in [1.29, 1.82) is 0 Å². The van der Waals surface area contributed by atoms with E-state index in [1.807, 2.05) is 7.05 Å². The lowest BCUT2D eigenvalue weighted by Crippen LogP contribution is -2.44. The third-order valence-corrected chi connectivity index (χ3v) is 4.21. The molecule has 0 aliphatic heterocycles. The van der Waals surface area contributed by atoms with E-state index in [9.17, 15) is 0 Å². The van der Waals surface area contributed by atoms with Crippen LogP contribution in [0.25, 0.3) is 0 Å². The highest BCUT2D eigenvalue weighted by Gasteiger charge is 2.20. The van der Waals surface area contributed by atoms with Crippen LogP contribution in [-0.2, 0) is 0 Å². The van der Waals surface area contributed by atoms with Crippen molar-refractivity contribution in [3.8, 4) is 0 Å². The fraction of sp³-hybridized carbons (Fsp3) is 0.588. The van der Waals surface area contributed by atoms with E-state index in [0.29, 0.717) is 12.0 Å². The molecule has 2 N–H and O–H groups in total. The van der Waals surface area contributed by atoms with Crippen LogP contribution in [-0.4, -0.2) is 25.6 Å². The summed E-state index contributed by atoms with van der Waals surface area (Å²) in [6, 6.07) is 11.0. The summed E-state index contributed by atoms with van der Waals surface area (Å²) >= 11 is 0. The first-order valence-electron chi connectivity index (χ1n) is 7.73. The molecule has 0 aromatic heterocycles. The summed E-state index contributed by atoms with van der Waals surface area (Å²) in [6.07, 6.45) is 4.09. The molecule has 2 rings (SSSR count). The lowest BCUT2D eigenvalue weighted by atomic mass is 9.94. The van der Waals surface area contributed by atoms with Crippen molar-refractivity contribution < 1.29 is 0 Å². The first kappa shape index (κ1) is 14.9. The van der Waals surface area contributed by atoms with Crippen molar-refractivity contribution in [3.05, 3.63) is 35.9 Å².